The Balaban J connectivity index is 1.84. The lowest BCUT2D eigenvalue weighted by Crippen LogP contribution is -2.23. The van der Waals surface area contributed by atoms with Crippen LogP contribution in [0, 0.1) is 6.92 Å². The summed E-state index contributed by atoms with van der Waals surface area (Å²) in [7, 11) is 0. The quantitative estimate of drug-likeness (QED) is 0.743. The van der Waals surface area contributed by atoms with E-state index >= 15 is 0 Å². The predicted molar refractivity (Wildman–Crippen MR) is 83.7 cm³/mol. The molecule has 5 heteroatoms. The van der Waals surface area contributed by atoms with Gasteiger partial charge in [-0.15, -0.1) is 0 Å². The number of aromatic nitrogens is 2. The molecule has 0 atom stereocenters. The topological polar surface area (TPSA) is 29.3 Å². The average molecular weight is 304 g/mol. The maximum absolute atomic E-state index is 6.09. The molecular weight excluding hydrogens is 290 g/mol. The van der Waals surface area contributed by atoms with Crippen molar-refractivity contribution in [1.82, 2.24) is 14.7 Å². The first-order valence-corrected chi connectivity index (χ1v) is 7.89. The maximum Gasteiger partial charge on any atom is 0.194 e. The number of nitrogens with zero attached hydrogens (tertiary/aromatic N) is 2. The molecule has 20 heavy (non-hydrogen) atoms. The molecule has 3 heterocycles. The van der Waals surface area contributed by atoms with Gasteiger partial charge in [0.05, 0.1) is 5.69 Å². The van der Waals surface area contributed by atoms with Crippen LogP contribution < -0.4 is 5.32 Å². The van der Waals surface area contributed by atoms with E-state index in [-0.39, 0.29) is 0 Å². The van der Waals surface area contributed by atoms with E-state index in [4.69, 9.17) is 16.6 Å². The van der Waals surface area contributed by atoms with Crippen LogP contribution in [0.1, 0.15) is 16.1 Å². The van der Waals surface area contributed by atoms with E-state index in [0.29, 0.717) is 0 Å². The molecule has 3 nitrogen and oxygen atoms in total. The number of halogens is 1. The van der Waals surface area contributed by atoms with Crippen molar-refractivity contribution in [2.24, 2.45) is 0 Å². The van der Waals surface area contributed by atoms with Crippen LogP contribution >= 0.6 is 22.9 Å². The summed E-state index contributed by atoms with van der Waals surface area (Å²) in [5.74, 6) is 0. The Morgan fingerprint density at radius 3 is 3.15 bits per heavy atom. The molecule has 0 radical (unpaired) electrons. The fourth-order valence-corrected chi connectivity index (χ4v) is 3.92. The van der Waals surface area contributed by atoms with Crippen molar-refractivity contribution in [3.8, 4) is 11.3 Å². The molecule has 0 bridgehead atoms. The zero-order valence-electron chi connectivity index (χ0n) is 11.1. The highest BCUT2D eigenvalue weighted by molar-refractivity contribution is 7.17. The molecule has 0 fully saturated rings. The van der Waals surface area contributed by atoms with Crippen LogP contribution in [0.3, 0.4) is 0 Å². The Labute approximate surface area is 126 Å². The third-order valence-corrected chi connectivity index (χ3v) is 5.30. The minimum absolute atomic E-state index is 0.804. The fraction of sp³-hybridized carbons (Fsp3) is 0.267. The Hall–Kier alpha value is -1.36. The molecule has 0 aliphatic carbocycles. The molecule has 0 amide bonds. The lowest BCUT2D eigenvalue weighted by molar-refractivity contribution is 0.638. The highest BCUT2D eigenvalue weighted by Crippen LogP contribution is 2.30. The van der Waals surface area contributed by atoms with Crippen LogP contribution in [-0.2, 0) is 13.0 Å². The number of imidazole rings is 1. The highest BCUT2D eigenvalue weighted by Gasteiger charge is 2.18. The van der Waals surface area contributed by atoms with Crippen LogP contribution in [0.5, 0.6) is 0 Å². The molecule has 3 aromatic rings. The maximum atomic E-state index is 6.09. The van der Waals surface area contributed by atoms with E-state index in [1.807, 2.05) is 19.1 Å². The second kappa shape index (κ2) is 4.58. The van der Waals surface area contributed by atoms with Crippen LogP contribution in [-0.4, -0.2) is 15.9 Å². The van der Waals surface area contributed by atoms with E-state index in [9.17, 15) is 0 Å². The number of benzene rings is 1. The van der Waals surface area contributed by atoms with E-state index in [0.717, 1.165) is 46.3 Å². The van der Waals surface area contributed by atoms with Gasteiger partial charge in [-0.05, 0) is 24.6 Å². The van der Waals surface area contributed by atoms with Crippen LogP contribution in [0.4, 0.5) is 0 Å². The summed E-state index contributed by atoms with van der Waals surface area (Å²) < 4.78 is 2.25. The number of rotatable bonds is 1. The van der Waals surface area contributed by atoms with E-state index in [1.165, 1.54) is 10.6 Å². The van der Waals surface area contributed by atoms with E-state index in [2.05, 4.69) is 22.0 Å². The number of aryl methyl sites for hydroxylation is 1. The summed E-state index contributed by atoms with van der Waals surface area (Å²) in [6, 6.07) is 6.08. The largest absolute Gasteiger partial charge is 0.311 e. The summed E-state index contributed by atoms with van der Waals surface area (Å²) in [4.78, 5) is 7.27. The van der Waals surface area contributed by atoms with Gasteiger partial charge in [0.15, 0.2) is 4.96 Å². The smallest absolute Gasteiger partial charge is 0.194 e. The van der Waals surface area contributed by atoms with Crippen molar-refractivity contribution < 1.29 is 0 Å². The third kappa shape index (κ3) is 1.87. The first-order chi connectivity index (χ1) is 9.72. The molecule has 1 aromatic carbocycles. The fourth-order valence-electron chi connectivity index (χ4n) is 2.68. The van der Waals surface area contributed by atoms with Gasteiger partial charge in [-0.2, -0.15) is 0 Å². The van der Waals surface area contributed by atoms with Gasteiger partial charge in [0.25, 0.3) is 0 Å². The van der Waals surface area contributed by atoms with Crippen LogP contribution in [0.15, 0.2) is 24.4 Å². The van der Waals surface area contributed by atoms with Crippen LogP contribution in [0.2, 0.25) is 5.02 Å². The van der Waals surface area contributed by atoms with Gasteiger partial charge in [-0.25, -0.2) is 4.98 Å². The van der Waals surface area contributed by atoms with Gasteiger partial charge in [0, 0.05) is 46.9 Å². The van der Waals surface area contributed by atoms with Crippen molar-refractivity contribution in [3.63, 3.8) is 0 Å². The van der Waals surface area contributed by atoms with E-state index in [1.54, 1.807) is 11.3 Å². The zero-order chi connectivity index (χ0) is 13.7. The van der Waals surface area contributed by atoms with Gasteiger partial charge in [-0.3, -0.25) is 4.40 Å². The number of hydrogen-bond donors (Lipinski definition) is 1. The molecule has 1 aliphatic heterocycles. The Morgan fingerprint density at radius 1 is 1.40 bits per heavy atom. The normalized spacial score (nSPS) is 14.7. The SMILES string of the molecule is Cc1cc(-c2cn3c4c(sc3n2)CNCC4)ccc1Cl. The second-order valence-electron chi connectivity index (χ2n) is 5.14. The number of hydrogen-bond acceptors (Lipinski definition) is 3. The monoisotopic (exact) mass is 303 g/mol. The number of thiazole rings is 1. The molecule has 0 spiro atoms. The van der Waals surface area contributed by atoms with Gasteiger partial charge in [0.1, 0.15) is 0 Å². The number of fused-ring (bicyclic) bond motifs is 3. The van der Waals surface area contributed by atoms with Crippen LogP contribution in [0.25, 0.3) is 16.2 Å². The standard InChI is InChI=1S/C15H14ClN3S/c1-9-6-10(2-3-11(9)16)12-8-19-13-4-5-17-7-14(13)20-15(19)18-12/h2-3,6,8,17H,4-5,7H2,1H3. The van der Waals surface area contributed by atoms with Gasteiger partial charge in [-0.1, -0.05) is 29.0 Å². The Bertz CT molecular complexity index is 803. The van der Waals surface area contributed by atoms with Gasteiger partial charge in [0.2, 0.25) is 0 Å². The summed E-state index contributed by atoms with van der Waals surface area (Å²) in [6.07, 6.45) is 3.23. The van der Waals surface area contributed by atoms with Gasteiger partial charge < -0.3 is 5.32 Å². The predicted octanol–water partition coefficient (Wildman–Crippen LogP) is 3.67. The molecular formula is C15H14ClN3S. The minimum atomic E-state index is 0.804. The van der Waals surface area contributed by atoms with Crippen molar-refractivity contribution in [2.45, 2.75) is 19.9 Å². The first-order valence-electron chi connectivity index (χ1n) is 6.69. The first kappa shape index (κ1) is 12.4. The summed E-state index contributed by atoms with van der Waals surface area (Å²) in [6.45, 7) is 4.04. The molecule has 0 saturated heterocycles. The third-order valence-electron chi connectivity index (χ3n) is 3.78. The summed E-state index contributed by atoms with van der Waals surface area (Å²) >= 11 is 7.88. The summed E-state index contributed by atoms with van der Waals surface area (Å²) in [5, 5.41) is 4.21. The second-order valence-corrected chi connectivity index (χ2v) is 6.61. The molecule has 102 valence electrons. The number of nitrogens with one attached hydrogen (secondary N) is 1. The van der Waals surface area contributed by atoms with Crippen molar-refractivity contribution in [2.75, 3.05) is 6.54 Å². The van der Waals surface area contributed by atoms with Crippen molar-refractivity contribution in [1.29, 1.82) is 0 Å². The molecule has 1 N–H and O–H groups in total. The van der Waals surface area contributed by atoms with Crippen molar-refractivity contribution >= 4 is 27.9 Å². The minimum Gasteiger partial charge on any atom is -0.311 e. The lowest BCUT2D eigenvalue weighted by Gasteiger charge is -2.11. The molecule has 2 aromatic heterocycles. The highest BCUT2D eigenvalue weighted by atomic mass is 35.5. The Morgan fingerprint density at radius 2 is 2.30 bits per heavy atom. The zero-order valence-corrected chi connectivity index (χ0v) is 12.7. The molecule has 4 rings (SSSR count). The van der Waals surface area contributed by atoms with E-state index < -0.39 is 0 Å². The Kier molecular flexibility index (Phi) is 2.84. The molecule has 0 saturated carbocycles. The van der Waals surface area contributed by atoms with Gasteiger partial charge >= 0.3 is 0 Å². The van der Waals surface area contributed by atoms with Crippen molar-refractivity contribution in [3.05, 3.63) is 45.6 Å². The molecule has 1 aliphatic rings. The molecule has 0 unspecified atom stereocenters. The average Bonchev–Trinajstić information content (AvgIpc) is 2.99. The summed E-state index contributed by atoms with van der Waals surface area (Å²) in [5.41, 5.74) is 4.66. The lowest BCUT2D eigenvalue weighted by atomic mass is 10.1.